The van der Waals surface area contributed by atoms with Crippen molar-refractivity contribution >= 4 is 21.7 Å². The van der Waals surface area contributed by atoms with Crippen LogP contribution in [0.2, 0.25) is 0 Å². The van der Waals surface area contributed by atoms with E-state index in [4.69, 9.17) is 4.74 Å². The first kappa shape index (κ1) is 14.8. The number of nitrogens with one attached hydrogen (secondary N) is 1. The second-order valence-corrected chi connectivity index (χ2v) is 5.60. The van der Waals surface area contributed by atoms with Crippen molar-refractivity contribution in [3.8, 4) is 5.75 Å². The summed E-state index contributed by atoms with van der Waals surface area (Å²) in [4.78, 5) is 8.87. The smallest absolute Gasteiger partial charge is 0.134 e. The number of ether oxygens (including phenoxy) is 1. The Hall–Kier alpha value is -1.62. The Bertz CT molecular complexity index is 570. The van der Waals surface area contributed by atoms with Crippen molar-refractivity contribution < 1.29 is 4.74 Å². The molecule has 0 saturated heterocycles. The molecule has 1 aromatic heterocycles. The number of benzene rings is 1. The van der Waals surface area contributed by atoms with E-state index in [2.05, 4.69) is 45.1 Å². The number of halogens is 1. The van der Waals surface area contributed by atoms with Crippen LogP contribution in [0.25, 0.3) is 0 Å². The molecule has 5 heteroatoms. The van der Waals surface area contributed by atoms with Crippen LogP contribution in [0.3, 0.4) is 0 Å². The summed E-state index contributed by atoms with van der Waals surface area (Å²) in [6.07, 6.45) is 0. The summed E-state index contributed by atoms with van der Waals surface area (Å²) < 4.78 is 5.94. The van der Waals surface area contributed by atoms with E-state index in [-0.39, 0.29) is 0 Å². The predicted molar refractivity (Wildman–Crippen MR) is 84.1 cm³/mol. The number of methoxy groups -OCH3 is 1. The molecule has 0 fully saturated rings. The first-order chi connectivity index (χ1) is 9.58. The molecule has 2 rings (SSSR count). The summed E-state index contributed by atoms with van der Waals surface area (Å²) >= 11 is 3.42. The largest absolute Gasteiger partial charge is 0.497 e. The summed E-state index contributed by atoms with van der Waals surface area (Å²) in [7, 11) is 1.67. The third-order valence-corrected chi connectivity index (χ3v) is 3.27. The van der Waals surface area contributed by atoms with Gasteiger partial charge in [0.1, 0.15) is 22.0 Å². The minimum Gasteiger partial charge on any atom is -0.497 e. The molecule has 0 atom stereocenters. The summed E-state index contributed by atoms with van der Waals surface area (Å²) in [5.41, 5.74) is 1.17. The molecule has 20 heavy (non-hydrogen) atoms. The fraction of sp³-hybridized carbons (Fsp3) is 0.333. The van der Waals surface area contributed by atoms with Crippen molar-refractivity contribution in [2.24, 2.45) is 0 Å². The molecule has 1 heterocycles. The van der Waals surface area contributed by atoms with Gasteiger partial charge in [0.2, 0.25) is 0 Å². The monoisotopic (exact) mass is 335 g/mol. The first-order valence-electron chi connectivity index (χ1n) is 6.49. The number of anilines is 1. The van der Waals surface area contributed by atoms with Crippen LogP contribution in [0.15, 0.2) is 34.9 Å². The molecule has 0 unspecified atom stereocenters. The number of aromatic nitrogens is 2. The molecular formula is C15H18BrN3O. The fourth-order valence-electron chi connectivity index (χ4n) is 1.72. The van der Waals surface area contributed by atoms with E-state index in [0.717, 1.165) is 22.0 Å². The first-order valence-corrected chi connectivity index (χ1v) is 7.29. The normalized spacial score (nSPS) is 10.7. The Kier molecular flexibility index (Phi) is 4.95. The standard InChI is InChI=1S/C15H18BrN3O/c1-10(2)15-18-13(16)8-14(19-15)17-9-11-4-6-12(20-3)7-5-11/h4-8,10H,9H2,1-3H3,(H,17,18,19). The molecule has 0 aliphatic heterocycles. The maximum atomic E-state index is 5.14. The third-order valence-electron chi connectivity index (χ3n) is 2.86. The summed E-state index contributed by atoms with van der Waals surface area (Å²) in [6, 6.07) is 9.85. The fourth-order valence-corrected chi connectivity index (χ4v) is 2.12. The molecule has 1 aromatic carbocycles. The van der Waals surface area contributed by atoms with Gasteiger partial charge in [-0.2, -0.15) is 0 Å². The van der Waals surface area contributed by atoms with Gasteiger partial charge in [-0.25, -0.2) is 9.97 Å². The molecule has 106 valence electrons. The zero-order chi connectivity index (χ0) is 14.5. The molecule has 1 N–H and O–H groups in total. The van der Waals surface area contributed by atoms with Gasteiger partial charge in [-0.1, -0.05) is 26.0 Å². The van der Waals surface area contributed by atoms with Gasteiger partial charge in [0.25, 0.3) is 0 Å². The van der Waals surface area contributed by atoms with Gasteiger partial charge in [-0.15, -0.1) is 0 Å². The maximum absolute atomic E-state index is 5.14. The van der Waals surface area contributed by atoms with Crippen LogP contribution in [-0.4, -0.2) is 17.1 Å². The van der Waals surface area contributed by atoms with Crippen LogP contribution >= 0.6 is 15.9 Å². The van der Waals surface area contributed by atoms with E-state index in [9.17, 15) is 0 Å². The SMILES string of the molecule is COc1ccc(CNc2cc(Br)nc(C(C)C)n2)cc1. The van der Waals surface area contributed by atoms with Crippen molar-refractivity contribution in [3.05, 3.63) is 46.3 Å². The Labute approximate surface area is 127 Å². The van der Waals surface area contributed by atoms with Crippen LogP contribution in [0.5, 0.6) is 5.75 Å². The number of hydrogen-bond acceptors (Lipinski definition) is 4. The van der Waals surface area contributed by atoms with Crippen molar-refractivity contribution in [3.63, 3.8) is 0 Å². The van der Waals surface area contributed by atoms with Crippen molar-refractivity contribution in [2.45, 2.75) is 26.3 Å². The summed E-state index contributed by atoms with van der Waals surface area (Å²) in [5.74, 6) is 2.82. The lowest BCUT2D eigenvalue weighted by Gasteiger charge is -2.10. The quantitative estimate of drug-likeness (QED) is 0.839. The van der Waals surface area contributed by atoms with Crippen molar-refractivity contribution in [2.75, 3.05) is 12.4 Å². The number of nitrogens with zero attached hydrogens (tertiary/aromatic N) is 2. The molecule has 0 aliphatic carbocycles. The minimum atomic E-state index is 0.300. The van der Waals surface area contributed by atoms with E-state index < -0.39 is 0 Å². The van der Waals surface area contributed by atoms with Gasteiger partial charge in [-0.3, -0.25) is 0 Å². The van der Waals surface area contributed by atoms with E-state index >= 15 is 0 Å². The molecule has 0 aliphatic rings. The molecule has 0 spiro atoms. The molecule has 0 radical (unpaired) electrons. The Morgan fingerprint density at radius 2 is 1.90 bits per heavy atom. The Morgan fingerprint density at radius 1 is 1.20 bits per heavy atom. The molecule has 2 aromatic rings. The van der Waals surface area contributed by atoms with E-state index in [0.29, 0.717) is 12.5 Å². The van der Waals surface area contributed by atoms with Gasteiger partial charge in [0.05, 0.1) is 7.11 Å². The zero-order valence-electron chi connectivity index (χ0n) is 11.9. The number of rotatable bonds is 5. The van der Waals surface area contributed by atoms with Gasteiger partial charge in [0.15, 0.2) is 0 Å². The van der Waals surface area contributed by atoms with Gasteiger partial charge in [0, 0.05) is 18.5 Å². The number of hydrogen-bond donors (Lipinski definition) is 1. The molecule has 0 bridgehead atoms. The molecular weight excluding hydrogens is 318 g/mol. The highest BCUT2D eigenvalue weighted by Gasteiger charge is 2.06. The highest BCUT2D eigenvalue weighted by molar-refractivity contribution is 9.10. The minimum absolute atomic E-state index is 0.300. The van der Waals surface area contributed by atoms with Gasteiger partial charge >= 0.3 is 0 Å². The highest BCUT2D eigenvalue weighted by Crippen LogP contribution is 2.18. The van der Waals surface area contributed by atoms with Gasteiger partial charge in [-0.05, 0) is 33.6 Å². The van der Waals surface area contributed by atoms with Crippen LogP contribution in [0.1, 0.15) is 31.2 Å². The highest BCUT2D eigenvalue weighted by atomic mass is 79.9. The average molecular weight is 336 g/mol. The molecule has 0 saturated carbocycles. The second-order valence-electron chi connectivity index (χ2n) is 4.79. The van der Waals surface area contributed by atoms with Crippen LogP contribution < -0.4 is 10.1 Å². The second kappa shape index (κ2) is 6.70. The Balaban J connectivity index is 2.06. The lowest BCUT2D eigenvalue weighted by molar-refractivity contribution is 0.414. The lowest BCUT2D eigenvalue weighted by atomic mass is 10.2. The summed E-state index contributed by atoms with van der Waals surface area (Å²) in [6.45, 7) is 4.87. The van der Waals surface area contributed by atoms with Crippen molar-refractivity contribution in [1.29, 1.82) is 0 Å². The van der Waals surface area contributed by atoms with E-state index in [1.807, 2.05) is 30.3 Å². The van der Waals surface area contributed by atoms with Crippen LogP contribution in [0.4, 0.5) is 5.82 Å². The molecule has 4 nitrogen and oxygen atoms in total. The van der Waals surface area contributed by atoms with Crippen LogP contribution in [-0.2, 0) is 6.54 Å². The maximum Gasteiger partial charge on any atom is 0.134 e. The zero-order valence-corrected chi connectivity index (χ0v) is 13.4. The third kappa shape index (κ3) is 3.93. The topological polar surface area (TPSA) is 47.0 Å². The Morgan fingerprint density at radius 3 is 2.50 bits per heavy atom. The van der Waals surface area contributed by atoms with E-state index in [1.165, 1.54) is 5.56 Å². The predicted octanol–water partition coefficient (Wildman–Crippen LogP) is 3.98. The van der Waals surface area contributed by atoms with Crippen LogP contribution in [0, 0.1) is 0 Å². The summed E-state index contributed by atoms with van der Waals surface area (Å²) in [5, 5.41) is 3.31. The van der Waals surface area contributed by atoms with E-state index in [1.54, 1.807) is 7.11 Å². The van der Waals surface area contributed by atoms with Crippen molar-refractivity contribution in [1.82, 2.24) is 9.97 Å². The van der Waals surface area contributed by atoms with Gasteiger partial charge < -0.3 is 10.1 Å². The average Bonchev–Trinajstić information content (AvgIpc) is 2.45. The molecule has 0 amide bonds. The lowest BCUT2D eigenvalue weighted by Crippen LogP contribution is -2.05.